The van der Waals surface area contributed by atoms with Crippen LogP contribution in [0, 0.1) is 19.7 Å². The Hall–Kier alpha value is -1.69. The highest BCUT2D eigenvalue weighted by Crippen LogP contribution is 2.26. The first kappa shape index (κ1) is 15.7. The van der Waals surface area contributed by atoms with Crippen LogP contribution < -0.4 is 10.6 Å². The van der Waals surface area contributed by atoms with Crippen molar-refractivity contribution in [1.29, 1.82) is 0 Å². The summed E-state index contributed by atoms with van der Waals surface area (Å²) in [7, 11) is 0. The topological polar surface area (TPSA) is 49.8 Å². The summed E-state index contributed by atoms with van der Waals surface area (Å²) in [5.74, 6) is 1.00. The minimum absolute atomic E-state index is 0.276. The molecular weight excluding hydrogens is 335 g/mol. The normalized spacial score (nSPS) is 10.5. The number of hydrogen-bond donors (Lipinski definition) is 2. The van der Waals surface area contributed by atoms with Crippen LogP contribution in [0.1, 0.15) is 24.6 Å². The first-order chi connectivity index (χ1) is 9.99. The zero-order valence-corrected chi connectivity index (χ0v) is 13.9. The summed E-state index contributed by atoms with van der Waals surface area (Å²) in [5, 5.41) is 6.38. The van der Waals surface area contributed by atoms with Crippen LogP contribution in [0.5, 0.6) is 0 Å². The number of nitrogens with one attached hydrogen (secondary N) is 2. The second kappa shape index (κ2) is 6.85. The van der Waals surface area contributed by atoms with Gasteiger partial charge in [0.1, 0.15) is 11.6 Å². The Morgan fingerprint density at radius 2 is 1.95 bits per heavy atom. The number of rotatable bonds is 5. The Kier molecular flexibility index (Phi) is 5.12. The molecule has 2 N–H and O–H groups in total. The van der Waals surface area contributed by atoms with Crippen molar-refractivity contribution in [1.82, 2.24) is 9.97 Å². The number of nitrogens with zero attached hydrogens (tertiary/aromatic N) is 2. The highest BCUT2D eigenvalue weighted by atomic mass is 79.9. The fourth-order valence-electron chi connectivity index (χ4n) is 1.87. The number of benzene rings is 1. The molecule has 0 unspecified atom stereocenters. The van der Waals surface area contributed by atoms with Crippen molar-refractivity contribution >= 4 is 33.4 Å². The molecule has 112 valence electrons. The highest BCUT2D eigenvalue weighted by Gasteiger charge is 2.07. The number of hydrogen-bond acceptors (Lipinski definition) is 4. The van der Waals surface area contributed by atoms with Gasteiger partial charge in [0.2, 0.25) is 5.95 Å². The van der Waals surface area contributed by atoms with E-state index in [1.165, 1.54) is 6.07 Å². The van der Waals surface area contributed by atoms with Crippen molar-refractivity contribution in [3.8, 4) is 0 Å². The number of aryl methyl sites for hydroxylation is 2. The molecule has 0 bridgehead atoms. The van der Waals surface area contributed by atoms with Gasteiger partial charge in [0.25, 0.3) is 0 Å². The summed E-state index contributed by atoms with van der Waals surface area (Å²) >= 11 is 3.20. The van der Waals surface area contributed by atoms with Gasteiger partial charge in [-0.15, -0.1) is 0 Å². The molecule has 0 fully saturated rings. The third-order valence-electron chi connectivity index (χ3n) is 2.92. The van der Waals surface area contributed by atoms with E-state index in [9.17, 15) is 4.39 Å². The zero-order valence-electron chi connectivity index (χ0n) is 12.3. The molecule has 0 saturated carbocycles. The van der Waals surface area contributed by atoms with E-state index >= 15 is 0 Å². The van der Waals surface area contributed by atoms with Crippen molar-refractivity contribution in [3.05, 3.63) is 39.7 Å². The maximum Gasteiger partial charge on any atom is 0.224 e. The molecular formula is C15H18BrFN4. The first-order valence-electron chi connectivity index (χ1n) is 6.82. The van der Waals surface area contributed by atoms with Gasteiger partial charge in [0.05, 0.1) is 4.47 Å². The highest BCUT2D eigenvalue weighted by molar-refractivity contribution is 9.10. The average Bonchev–Trinajstić information content (AvgIpc) is 2.42. The standard InChI is InChI=1S/C15H18BrFN4/c1-4-5-18-15-19-10(3)7-14(21-15)20-13-8-11(16)12(17)6-9(13)2/h6-8H,4-5H2,1-3H3,(H2,18,19,20,21). The lowest BCUT2D eigenvalue weighted by atomic mass is 10.2. The molecule has 6 heteroatoms. The molecule has 4 nitrogen and oxygen atoms in total. The number of anilines is 3. The molecule has 1 aromatic carbocycles. The minimum atomic E-state index is -0.276. The average molecular weight is 353 g/mol. The summed E-state index contributed by atoms with van der Waals surface area (Å²) in [4.78, 5) is 8.75. The van der Waals surface area contributed by atoms with Crippen molar-refractivity contribution in [2.24, 2.45) is 0 Å². The summed E-state index contributed by atoms with van der Waals surface area (Å²) in [6, 6.07) is 5.05. The SMILES string of the molecule is CCCNc1nc(C)cc(Nc2cc(Br)c(F)cc2C)n1. The Labute approximate surface area is 132 Å². The summed E-state index contributed by atoms with van der Waals surface area (Å²) < 4.78 is 13.9. The van der Waals surface area contributed by atoms with Crippen LogP contribution in [-0.2, 0) is 0 Å². The van der Waals surface area contributed by atoms with Crippen molar-refractivity contribution in [2.75, 3.05) is 17.2 Å². The fraction of sp³-hybridized carbons (Fsp3) is 0.333. The molecule has 1 heterocycles. The van der Waals surface area contributed by atoms with E-state index < -0.39 is 0 Å². The monoisotopic (exact) mass is 352 g/mol. The molecule has 0 saturated heterocycles. The van der Waals surface area contributed by atoms with Gasteiger partial charge in [-0.05, 0) is 53.9 Å². The fourth-order valence-corrected chi connectivity index (χ4v) is 2.21. The van der Waals surface area contributed by atoms with E-state index in [1.54, 1.807) is 6.07 Å². The molecule has 2 aromatic rings. The van der Waals surface area contributed by atoms with Crippen LogP contribution in [0.3, 0.4) is 0 Å². The van der Waals surface area contributed by atoms with Gasteiger partial charge in [-0.3, -0.25) is 0 Å². The predicted molar refractivity (Wildman–Crippen MR) is 87.7 cm³/mol. The quantitative estimate of drug-likeness (QED) is 0.827. The van der Waals surface area contributed by atoms with Crippen LogP contribution in [-0.4, -0.2) is 16.5 Å². The van der Waals surface area contributed by atoms with E-state index in [4.69, 9.17) is 0 Å². The van der Waals surface area contributed by atoms with Crippen molar-refractivity contribution in [2.45, 2.75) is 27.2 Å². The molecule has 0 aliphatic carbocycles. The third-order valence-corrected chi connectivity index (χ3v) is 3.53. The van der Waals surface area contributed by atoms with Crippen LogP contribution in [0.4, 0.5) is 21.8 Å². The van der Waals surface area contributed by atoms with Gasteiger partial charge in [-0.25, -0.2) is 9.37 Å². The largest absolute Gasteiger partial charge is 0.354 e. The van der Waals surface area contributed by atoms with Gasteiger partial charge in [-0.1, -0.05) is 6.92 Å². The molecule has 21 heavy (non-hydrogen) atoms. The smallest absolute Gasteiger partial charge is 0.224 e. The zero-order chi connectivity index (χ0) is 15.4. The molecule has 0 amide bonds. The van der Waals surface area contributed by atoms with Crippen LogP contribution in [0.15, 0.2) is 22.7 Å². The van der Waals surface area contributed by atoms with Crippen LogP contribution >= 0.6 is 15.9 Å². The Bertz CT molecular complexity index is 646. The molecule has 1 aromatic heterocycles. The lowest BCUT2D eigenvalue weighted by molar-refractivity contribution is 0.620. The molecule has 0 radical (unpaired) electrons. The molecule has 0 spiro atoms. The predicted octanol–water partition coefficient (Wildman–Crippen LogP) is 4.56. The lowest BCUT2D eigenvalue weighted by Gasteiger charge is -2.12. The molecule has 0 aliphatic rings. The first-order valence-corrected chi connectivity index (χ1v) is 7.61. The van der Waals surface area contributed by atoms with Crippen molar-refractivity contribution in [3.63, 3.8) is 0 Å². The van der Waals surface area contributed by atoms with Crippen LogP contribution in [0.2, 0.25) is 0 Å². The van der Waals surface area contributed by atoms with Gasteiger partial charge < -0.3 is 10.6 Å². The Morgan fingerprint density at radius 1 is 1.19 bits per heavy atom. The summed E-state index contributed by atoms with van der Waals surface area (Å²) in [6.07, 6.45) is 1.00. The molecule has 0 atom stereocenters. The van der Waals surface area contributed by atoms with Gasteiger partial charge in [0.15, 0.2) is 0 Å². The van der Waals surface area contributed by atoms with E-state index in [-0.39, 0.29) is 5.82 Å². The number of aromatic nitrogens is 2. The molecule has 0 aliphatic heterocycles. The van der Waals surface area contributed by atoms with Crippen LogP contribution in [0.25, 0.3) is 0 Å². The van der Waals surface area contributed by atoms with E-state index in [0.717, 1.165) is 29.9 Å². The van der Waals surface area contributed by atoms with Gasteiger partial charge >= 0.3 is 0 Å². The Balaban J connectivity index is 2.27. The van der Waals surface area contributed by atoms with E-state index in [2.05, 4.69) is 43.5 Å². The van der Waals surface area contributed by atoms with E-state index in [0.29, 0.717) is 16.2 Å². The Morgan fingerprint density at radius 3 is 2.67 bits per heavy atom. The van der Waals surface area contributed by atoms with Gasteiger partial charge in [-0.2, -0.15) is 4.98 Å². The van der Waals surface area contributed by atoms with Crippen molar-refractivity contribution < 1.29 is 4.39 Å². The second-order valence-corrected chi connectivity index (χ2v) is 5.71. The second-order valence-electron chi connectivity index (χ2n) is 4.85. The summed E-state index contributed by atoms with van der Waals surface area (Å²) in [5.41, 5.74) is 2.49. The molecule has 2 rings (SSSR count). The number of halogens is 2. The summed E-state index contributed by atoms with van der Waals surface area (Å²) in [6.45, 7) is 6.67. The third kappa shape index (κ3) is 4.14. The van der Waals surface area contributed by atoms with Gasteiger partial charge in [0, 0.05) is 24.0 Å². The maximum atomic E-state index is 13.5. The minimum Gasteiger partial charge on any atom is -0.354 e. The lowest BCUT2D eigenvalue weighted by Crippen LogP contribution is -2.07. The maximum absolute atomic E-state index is 13.5. The van der Waals surface area contributed by atoms with E-state index in [1.807, 2.05) is 19.9 Å².